The van der Waals surface area contributed by atoms with Crippen LogP contribution < -0.4 is 0 Å². The van der Waals surface area contributed by atoms with Crippen LogP contribution in [0.1, 0.15) is 78.6 Å². The van der Waals surface area contributed by atoms with Crippen LogP contribution in [0.2, 0.25) is 0 Å². The van der Waals surface area contributed by atoms with Crippen LogP contribution >= 0.6 is 0 Å². The van der Waals surface area contributed by atoms with Gasteiger partial charge in [0.15, 0.2) is 0 Å². The van der Waals surface area contributed by atoms with Crippen LogP contribution in [0.15, 0.2) is 0 Å². The second kappa shape index (κ2) is 7.78. The minimum Gasteiger partial charge on any atom is -0.400 e. The first-order chi connectivity index (χ1) is 12.8. The number of nitrogens with zero attached hydrogens (tertiary/aromatic N) is 1. The Hall–Kier alpha value is -0.410. The summed E-state index contributed by atoms with van der Waals surface area (Å²) in [6, 6.07) is 0.664. The molecule has 8 atom stereocenters. The number of fused-ring (bicyclic) bond motifs is 5. The molecule has 4 saturated carbocycles. The van der Waals surface area contributed by atoms with Gasteiger partial charge >= 0.3 is 0 Å². The maximum absolute atomic E-state index is 12.4. The van der Waals surface area contributed by atoms with Crippen LogP contribution in [0, 0.1) is 40.4 Å². The Bertz CT molecular complexity index is 546. The van der Waals surface area contributed by atoms with E-state index in [9.17, 15) is 4.79 Å². The molecule has 0 bridgehead atoms. The highest BCUT2D eigenvalue weighted by molar-refractivity contribution is 5.79. The predicted molar refractivity (Wildman–Crippen MR) is 112 cm³/mol. The maximum Gasteiger partial charge on any atom is 0.133 e. The Morgan fingerprint density at radius 3 is 2.30 bits per heavy atom. The van der Waals surface area contributed by atoms with E-state index >= 15 is 0 Å². The van der Waals surface area contributed by atoms with Gasteiger partial charge in [-0.2, -0.15) is 0 Å². The first-order valence-corrected chi connectivity index (χ1v) is 11.4. The van der Waals surface area contributed by atoms with Gasteiger partial charge < -0.3 is 10.0 Å². The second-order valence-electron chi connectivity index (χ2n) is 10.8. The van der Waals surface area contributed by atoms with E-state index in [2.05, 4.69) is 32.8 Å². The number of hydrogen-bond donors (Lipinski definition) is 1. The number of rotatable bonds is 2. The van der Waals surface area contributed by atoms with E-state index < -0.39 is 0 Å². The van der Waals surface area contributed by atoms with E-state index in [0.717, 1.165) is 37.2 Å². The average Bonchev–Trinajstić information content (AvgIpc) is 2.99. The normalized spacial score (nSPS) is 48.7. The van der Waals surface area contributed by atoms with Gasteiger partial charge in [-0.3, -0.25) is 4.79 Å². The molecule has 0 aromatic rings. The van der Waals surface area contributed by atoms with E-state index in [1.165, 1.54) is 51.4 Å². The van der Waals surface area contributed by atoms with E-state index in [1.807, 2.05) is 6.92 Å². The second-order valence-corrected chi connectivity index (χ2v) is 10.8. The lowest BCUT2D eigenvalue weighted by molar-refractivity contribution is -0.151. The topological polar surface area (TPSA) is 40.5 Å². The van der Waals surface area contributed by atoms with Crippen molar-refractivity contribution in [2.24, 2.45) is 40.4 Å². The summed E-state index contributed by atoms with van der Waals surface area (Å²) in [6.07, 6.45) is 12.4. The molecule has 0 aromatic heterocycles. The van der Waals surface area contributed by atoms with Crippen molar-refractivity contribution in [2.45, 2.75) is 84.6 Å². The van der Waals surface area contributed by atoms with Crippen molar-refractivity contribution >= 4 is 5.78 Å². The molecule has 0 radical (unpaired) electrons. The molecule has 0 aromatic carbocycles. The molecule has 0 heterocycles. The first kappa shape index (κ1) is 21.3. The fourth-order valence-electron chi connectivity index (χ4n) is 8.59. The molecular formula is C24H43NO2. The third kappa shape index (κ3) is 3.21. The number of ketones is 1. The zero-order valence-electron chi connectivity index (χ0n) is 18.6. The first-order valence-electron chi connectivity index (χ1n) is 11.4. The molecule has 4 fully saturated rings. The molecule has 0 amide bonds. The minimum absolute atomic E-state index is 0.250. The van der Waals surface area contributed by atoms with Gasteiger partial charge in [-0.15, -0.1) is 0 Å². The van der Waals surface area contributed by atoms with Gasteiger partial charge in [0.1, 0.15) is 5.78 Å². The SMILES string of the molecule is CC(=O)C1CCC2C3CCC4CCCCC4(C)C3C(N(C)C)CC12C.CO. The lowest BCUT2D eigenvalue weighted by Gasteiger charge is -2.64. The monoisotopic (exact) mass is 377 g/mol. The molecular weight excluding hydrogens is 334 g/mol. The molecule has 156 valence electrons. The number of aliphatic hydroxyl groups excluding tert-OH is 1. The Morgan fingerprint density at radius 1 is 0.963 bits per heavy atom. The summed E-state index contributed by atoms with van der Waals surface area (Å²) < 4.78 is 0. The summed E-state index contributed by atoms with van der Waals surface area (Å²) in [5.41, 5.74) is 0.797. The van der Waals surface area contributed by atoms with Crippen LogP contribution in [0.25, 0.3) is 0 Å². The average molecular weight is 378 g/mol. The highest BCUT2D eigenvalue weighted by atomic mass is 16.2. The fraction of sp³-hybridized carbons (Fsp3) is 0.958. The lowest BCUT2D eigenvalue weighted by Crippen LogP contribution is -2.61. The summed E-state index contributed by atoms with van der Waals surface area (Å²) in [7, 11) is 5.61. The number of Topliss-reactive ketones (excluding diaryl/α,β-unsaturated/α-hetero) is 1. The molecule has 0 spiro atoms. The van der Waals surface area contributed by atoms with Gasteiger partial charge in [-0.1, -0.05) is 26.7 Å². The van der Waals surface area contributed by atoms with Crippen molar-refractivity contribution in [3.8, 4) is 0 Å². The van der Waals surface area contributed by atoms with E-state index in [1.54, 1.807) is 0 Å². The third-order valence-electron chi connectivity index (χ3n) is 9.67. The van der Waals surface area contributed by atoms with Crippen molar-refractivity contribution in [1.82, 2.24) is 4.90 Å². The van der Waals surface area contributed by atoms with Crippen molar-refractivity contribution in [1.29, 1.82) is 0 Å². The summed E-state index contributed by atoms with van der Waals surface area (Å²) in [5, 5.41) is 7.00. The van der Waals surface area contributed by atoms with E-state index in [0.29, 0.717) is 23.2 Å². The highest BCUT2D eigenvalue weighted by Gasteiger charge is 2.63. The molecule has 3 heteroatoms. The van der Waals surface area contributed by atoms with Crippen LogP contribution in [0.5, 0.6) is 0 Å². The van der Waals surface area contributed by atoms with Crippen LogP contribution in [-0.4, -0.2) is 43.0 Å². The third-order valence-corrected chi connectivity index (χ3v) is 9.67. The standard InChI is InChI=1S/C23H39NO.CH4O/c1-15(25)18-11-12-19-17-10-9-16-8-6-7-13-22(16,2)21(17)20(24(4)5)14-23(18,19)3;1-2/h16-21H,6-14H2,1-5H3;2H,1H3. The molecule has 4 rings (SSSR count). The maximum atomic E-state index is 12.4. The predicted octanol–water partition coefficient (Wildman–Crippen LogP) is 4.77. The van der Waals surface area contributed by atoms with Crippen LogP contribution in [-0.2, 0) is 4.79 Å². The molecule has 3 nitrogen and oxygen atoms in total. The summed E-state index contributed by atoms with van der Waals surface area (Å²) in [5.74, 6) is 4.23. The quantitative estimate of drug-likeness (QED) is 0.753. The minimum atomic E-state index is 0.250. The van der Waals surface area contributed by atoms with Gasteiger partial charge in [-0.05, 0) is 100 Å². The molecule has 0 aliphatic heterocycles. The molecule has 0 saturated heterocycles. The van der Waals surface area contributed by atoms with Crippen molar-refractivity contribution < 1.29 is 9.90 Å². The Morgan fingerprint density at radius 2 is 1.67 bits per heavy atom. The highest BCUT2D eigenvalue weighted by Crippen LogP contribution is 2.68. The Balaban J connectivity index is 0.00000102. The van der Waals surface area contributed by atoms with Gasteiger partial charge in [-0.25, -0.2) is 0 Å². The largest absolute Gasteiger partial charge is 0.400 e. The smallest absolute Gasteiger partial charge is 0.133 e. The van der Waals surface area contributed by atoms with Gasteiger partial charge in [0, 0.05) is 19.1 Å². The van der Waals surface area contributed by atoms with E-state index in [4.69, 9.17) is 5.11 Å². The number of aliphatic hydroxyl groups is 1. The number of hydrogen-bond acceptors (Lipinski definition) is 3. The Kier molecular flexibility index (Phi) is 6.14. The fourth-order valence-corrected chi connectivity index (χ4v) is 8.59. The van der Waals surface area contributed by atoms with Crippen LogP contribution in [0.3, 0.4) is 0 Å². The Labute approximate surface area is 167 Å². The van der Waals surface area contributed by atoms with Gasteiger partial charge in [0.05, 0.1) is 0 Å². The molecule has 4 aliphatic carbocycles. The summed E-state index contributed by atoms with van der Waals surface area (Å²) in [6.45, 7) is 7.00. The van der Waals surface area contributed by atoms with E-state index in [-0.39, 0.29) is 5.41 Å². The van der Waals surface area contributed by atoms with Crippen molar-refractivity contribution in [3.05, 3.63) is 0 Å². The molecule has 4 aliphatic rings. The number of carbonyl (C=O) groups excluding carboxylic acids is 1. The summed E-state index contributed by atoms with van der Waals surface area (Å²) in [4.78, 5) is 15.0. The summed E-state index contributed by atoms with van der Waals surface area (Å²) >= 11 is 0. The van der Waals surface area contributed by atoms with Crippen LogP contribution in [0.4, 0.5) is 0 Å². The molecule has 27 heavy (non-hydrogen) atoms. The molecule has 1 N–H and O–H groups in total. The zero-order valence-corrected chi connectivity index (χ0v) is 18.6. The number of carbonyl (C=O) groups is 1. The van der Waals surface area contributed by atoms with Crippen molar-refractivity contribution in [3.63, 3.8) is 0 Å². The lowest BCUT2D eigenvalue weighted by atomic mass is 9.43. The zero-order chi connectivity index (χ0) is 20.0. The van der Waals surface area contributed by atoms with Gasteiger partial charge in [0.2, 0.25) is 0 Å². The van der Waals surface area contributed by atoms with Crippen molar-refractivity contribution in [2.75, 3.05) is 21.2 Å². The molecule has 8 unspecified atom stereocenters. The van der Waals surface area contributed by atoms with Gasteiger partial charge in [0.25, 0.3) is 0 Å².